The highest BCUT2D eigenvalue weighted by atomic mass is 32.1. The van der Waals surface area contributed by atoms with Crippen LogP contribution in [-0.2, 0) is 6.18 Å². The zero-order chi connectivity index (χ0) is 15.6. The molecule has 8 heteroatoms. The van der Waals surface area contributed by atoms with Crippen LogP contribution < -0.4 is 11.1 Å². The number of pyridine rings is 1. The molecule has 0 amide bonds. The van der Waals surface area contributed by atoms with E-state index in [9.17, 15) is 17.6 Å². The second-order valence-corrected chi connectivity index (χ2v) is 4.55. The number of nitrogens with zero attached hydrogens (tertiary/aromatic N) is 1. The summed E-state index contributed by atoms with van der Waals surface area (Å²) in [6.45, 7) is 0. The Labute approximate surface area is 122 Å². The predicted molar refractivity (Wildman–Crippen MR) is 74.8 cm³/mol. The first kappa shape index (κ1) is 15.2. The van der Waals surface area contributed by atoms with E-state index in [1.807, 2.05) is 0 Å². The van der Waals surface area contributed by atoms with Crippen molar-refractivity contribution < 1.29 is 17.6 Å². The fourth-order valence-electron chi connectivity index (χ4n) is 1.60. The third-order valence-electron chi connectivity index (χ3n) is 2.58. The normalized spacial score (nSPS) is 11.2. The summed E-state index contributed by atoms with van der Waals surface area (Å²) in [7, 11) is 0. The van der Waals surface area contributed by atoms with E-state index in [2.05, 4.69) is 10.3 Å². The van der Waals surface area contributed by atoms with Crippen molar-refractivity contribution in [1.29, 1.82) is 0 Å². The summed E-state index contributed by atoms with van der Waals surface area (Å²) < 4.78 is 51.0. The third kappa shape index (κ3) is 3.66. The molecular weight excluding hydrogens is 306 g/mol. The Morgan fingerprint density at radius 1 is 1.14 bits per heavy atom. The van der Waals surface area contributed by atoms with Gasteiger partial charge in [-0.15, -0.1) is 0 Å². The lowest BCUT2D eigenvalue weighted by molar-refractivity contribution is -0.139. The van der Waals surface area contributed by atoms with Crippen molar-refractivity contribution >= 4 is 28.6 Å². The van der Waals surface area contributed by atoms with E-state index in [4.69, 9.17) is 18.0 Å². The van der Waals surface area contributed by atoms with Crippen LogP contribution in [0.2, 0.25) is 0 Å². The third-order valence-corrected chi connectivity index (χ3v) is 2.79. The molecule has 1 heterocycles. The molecule has 1 aromatic heterocycles. The van der Waals surface area contributed by atoms with Crippen LogP contribution in [0.4, 0.5) is 28.9 Å². The standard InChI is InChI=1S/C13H9F4N3S/c14-10-3-1-7(5-9(10)13(15,16)17)20-8-2-4-11(12(18)21)19-6-8/h1-6,20H,(H2,18,21). The van der Waals surface area contributed by atoms with Gasteiger partial charge in [-0.25, -0.2) is 4.39 Å². The maximum absolute atomic E-state index is 13.2. The summed E-state index contributed by atoms with van der Waals surface area (Å²) >= 11 is 4.74. The molecule has 110 valence electrons. The molecule has 0 saturated carbocycles. The van der Waals surface area contributed by atoms with Crippen LogP contribution in [0, 0.1) is 5.82 Å². The van der Waals surface area contributed by atoms with Crippen LogP contribution >= 0.6 is 12.2 Å². The lowest BCUT2D eigenvalue weighted by Crippen LogP contribution is -2.11. The number of nitrogens with one attached hydrogen (secondary N) is 1. The predicted octanol–water partition coefficient (Wildman–Crippen LogP) is 3.62. The largest absolute Gasteiger partial charge is 0.419 e. The van der Waals surface area contributed by atoms with E-state index in [0.717, 1.165) is 6.07 Å². The Balaban J connectivity index is 2.26. The lowest BCUT2D eigenvalue weighted by Gasteiger charge is -2.11. The molecule has 0 spiro atoms. The molecule has 0 aliphatic heterocycles. The Morgan fingerprint density at radius 3 is 2.33 bits per heavy atom. The second-order valence-electron chi connectivity index (χ2n) is 4.11. The van der Waals surface area contributed by atoms with Crippen LogP contribution in [0.25, 0.3) is 0 Å². The van der Waals surface area contributed by atoms with Gasteiger partial charge in [0.05, 0.1) is 23.1 Å². The Morgan fingerprint density at radius 2 is 1.81 bits per heavy atom. The minimum atomic E-state index is -4.75. The number of alkyl halides is 3. The van der Waals surface area contributed by atoms with Gasteiger partial charge >= 0.3 is 6.18 Å². The average Bonchev–Trinajstić information content (AvgIpc) is 2.40. The van der Waals surface area contributed by atoms with Crippen molar-refractivity contribution in [3.63, 3.8) is 0 Å². The molecule has 2 aromatic rings. The van der Waals surface area contributed by atoms with E-state index >= 15 is 0 Å². The summed E-state index contributed by atoms with van der Waals surface area (Å²) in [4.78, 5) is 4.05. The molecule has 1 aromatic carbocycles. The van der Waals surface area contributed by atoms with Crippen molar-refractivity contribution in [1.82, 2.24) is 4.98 Å². The Bertz CT molecular complexity index is 668. The van der Waals surface area contributed by atoms with E-state index < -0.39 is 17.6 Å². The number of rotatable bonds is 3. The number of hydrogen-bond acceptors (Lipinski definition) is 3. The first-order valence-electron chi connectivity index (χ1n) is 5.67. The molecule has 3 N–H and O–H groups in total. The van der Waals surface area contributed by atoms with Gasteiger partial charge in [-0.05, 0) is 30.3 Å². The van der Waals surface area contributed by atoms with Gasteiger partial charge in [0, 0.05) is 5.69 Å². The minimum absolute atomic E-state index is 0.0913. The molecule has 21 heavy (non-hydrogen) atoms. The van der Waals surface area contributed by atoms with Crippen molar-refractivity contribution in [2.45, 2.75) is 6.18 Å². The molecule has 2 rings (SSSR count). The summed E-state index contributed by atoms with van der Waals surface area (Å²) in [5.41, 5.74) is 4.96. The molecular formula is C13H9F4N3S. The van der Waals surface area contributed by atoms with E-state index in [0.29, 0.717) is 17.4 Å². The average molecular weight is 315 g/mol. The Hall–Kier alpha value is -2.22. The molecule has 0 saturated heterocycles. The molecule has 0 fully saturated rings. The minimum Gasteiger partial charge on any atom is -0.388 e. The number of thiocarbonyl (C=S) groups is 1. The Kier molecular flexibility index (Phi) is 4.08. The van der Waals surface area contributed by atoms with Crippen LogP contribution in [0.1, 0.15) is 11.3 Å². The monoisotopic (exact) mass is 315 g/mol. The van der Waals surface area contributed by atoms with Gasteiger partial charge in [0.15, 0.2) is 0 Å². The second kappa shape index (κ2) is 5.65. The number of nitrogens with two attached hydrogens (primary N) is 1. The number of aromatic nitrogens is 1. The fourth-order valence-corrected chi connectivity index (χ4v) is 1.72. The molecule has 0 bridgehead atoms. The quantitative estimate of drug-likeness (QED) is 0.671. The highest BCUT2D eigenvalue weighted by Crippen LogP contribution is 2.33. The molecule has 0 radical (unpaired) electrons. The lowest BCUT2D eigenvalue weighted by atomic mass is 10.1. The maximum Gasteiger partial charge on any atom is 0.419 e. The van der Waals surface area contributed by atoms with E-state index in [-0.39, 0.29) is 10.7 Å². The maximum atomic E-state index is 13.2. The number of halogens is 4. The molecule has 0 aliphatic rings. The van der Waals surface area contributed by atoms with Crippen LogP contribution in [-0.4, -0.2) is 9.97 Å². The molecule has 3 nitrogen and oxygen atoms in total. The first-order chi connectivity index (χ1) is 9.77. The summed E-state index contributed by atoms with van der Waals surface area (Å²) in [6, 6.07) is 5.72. The van der Waals surface area contributed by atoms with Crippen molar-refractivity contribution in [3.8, 4) is 0 Å². The first-order valence-corrected chi connectivity index (χ1v) is 6.08. The SMILES string of the molecule is NC(=S)c1ccc(Nc2ccc(F)c(C(F)(F)F)c2)cn1. The van der Waals surface area contributed by atoms with Gasteiger partial charge < -0.3 is 11.1 Å². The number of anilines is 2. The molecule has 0 aliphatic carbocycles. The van der Waals surface area contributed by atoms with Crippen LogP contribution in [0.3, 0.4) is 0 Å². The smallest absolute Gasteiger partial charge is 0.388 e. The summed E-state index contributed by atoms with van der Waals surface area (Å²) in [5, 5.41) is 2.70. The van der Waals surface area contributed by atoms with Gasteiger partial charge in [0.1, 0.15) is 10.8 Å². The van der Waals surface area contributed by atoms with E-state index in [1.54, 1.807) is 6.07 Å². The molecule has 0 atom stereocenters. The topological polar surface area (TPSA) is 50.9 Å². The summed E-state index contributed by atoms with van der Waals surface area (Å²) in [5.74, 6) is -1.32. The van der Waals surface area contributed by atoms with Crippen LogP contribution in [0.15, 0.2) is 36.5 Å². The highest BCUT2D eigenvalue weighted by Gasteiger charge is 2.34. The van der Waals surface area contributed by atoms with Gasteiger partial charge in [0.2, 0.25) is 0 Å². The van der Waals surface area contributed by atoms with Gasteiger partial charge in [-0.2, -0.15) is 13.2 Å². The fraction of sp³-hybridized carbons (Fsp3) is 0.0769. The van der Waals surface area contributed by atoms with Crippen LogP contribution in [0.5, 0.6) is 0 Å². The van der Waals surface area contributed by atoms with E-state index in [1.165, 1.54) is 18.3 Å². The molecule has 0 unspecified atom stereocenters. The summed E-state index contributed by atoms with van der Waals surface area (Å²) in [6.07, 6.45) is -3.39. The zero-order valence-electron chi connectivity index (χ0n) is 10.4. The number of hydrogen-bond donors (Lipinski definition) is 2. The van der Waals surface area contributed by atoms with Gasteiger partial charge in [-0.3, -0.25) is 4.98 Å². The van der Waals surface area contributed by atoms with Gasteiger partial charge in [-0.1, -0.05) is 12.2 Å². The highest BCUT2D eigenvalue weighted by molar-refractivity contribution is 7.80. The van der Waals surface area contributed by atoms with Crippen molar-refractivity contribution in [2.24, 2.45) is 5.73 Å². The number of benzene rings is 1. The van der Waals surface area contributed by atoms with Gasteiger partial charge in [0.25, 0.3) is 0 Å². The zero-order valence-corrected chi connectivity index (χ0v) is 11.2. The van der Waals surface area contributed by atoms with Crippen molar-refractivity contribution in [2.75, 3.05) is 5.32 Å². The van der Waals surface area contributed by atoms with Crippen molar-refractivity contribution in [3.05, 3.63) is 53.6 Å².